The Labute approximate surface area is 184 Å². The van der Waals surface area contributed by atoms with Gasteiger partial charge in [-0.25, -0.2) is 13.4 Å². The molecule has 1 amide bonds. The number of amides is 1. The Morgan fingerprint density at radius 3 is 2.52 bits per heavy atom. The fourth-order valence-corrected chi connectivity index (χ4v) is 4.37. The minimum atomic E-state index is -3.33. The fraction of sp³-hybridized carbons (Fsp3) is 0.238. The Bertz CT molecular complexity index is 1260. The van der Waals surface area contributed by atoms with Gasteiger partial charge >= 0.3 is 0 Å². The first-order chi connectivity index (χ1) is 14.7. The zero-order chi connectivity index (χ0) is 22.4. The van der Waals surface area contributed by atoms with Crippen molar-refractivity contribution in [3.63, 3.8) is 0 Å². The second-order valence-electron chi connectivity index (χ2n) is 6.89. The van der Waals surface area contributed by atoms with E-state index in [1.54, 1.807) is 12.1 Å². The van der Waals surface area contributed by atoms with E-state index in [0.29, 0.717) is 10.7 Å². The highest BCUT2D eigenvalue weighted by atomic mass is 32.2. The number of nitriles is 1. The van der Waals surface area contributed by atoms with Crippen LogP contribution in [0.3, 0.4) is 0 Å². The van der Waals surface area contributed by atoms with E-state index in [-0.39, 0.29) is 37.5 Å². The maximum absolute atomic E-state index is 12.1. The normalized spacial score (nSPS) is 11.1. The number of carbonyl (C=O) groups excluding carboxylic acids is 2. The van der Waals surface area contributed by atoms with E-state index in [9.17, 15) is 18.0 Å². The zero-order valence-corrected chi connectivity index (χ0v) is 18.3. The molecule has 2 N–H and O–H groups in total. The van der Waals surface area contributed by atoms with Gasteiger partial charge < -0.3 is 5.32 Å². The van der Waals surface area contributed by atoms with Gasteiger partial charge in [-0.2, -0.15) is 5.26 Å². The highest BCUT2D eigenvalue weighted by molar-refractivity contribution is 7.92. The van der Waals surface area contributed by atoms with Crippen molar-refractivity contribution < 1.29 is 18.0 Å². The lowest BCUT2D eigenvalue weighted by Gasteiger charge is -2.06. The predicted molar refractivity (Wildman–Crippen MR) is 120 cm³/mol. The molecular weight excluding hydrogens is 436 g/mol. The van der Waals surface area contributed by atoms with Crippen LogP contribution < -0.4 is 10.0 Å². The molecule has 0 aliphatic heterocycles. The Balaban J connectivity index is 1.67. The minimum absolute atomic E-state index is 0.0755. The first-order valence-corrected chi connectivity index (χ1v) is 12.1. The maximum Gasteiger partial charge on any atom is 0.229 e. The van der Waals surface area contributed by atoms with Gasteiger partial charge in [0.1, 0.15) is 5.01 Å². The molecule has 0 saturated heterocycles. The molecule has 1 aromatic heterocycles. The molecule has 0 atom stereocenters. The van der Waals surface area contributed by atoms with Gasteiger partial charge in [-0.05, 0) is 35.4 Å². The third-order valence-electron chi connectivity index (χ3n) is 4.26. The topological polar surface area (TPSA) is 129 Å². The Morgan fingerprint density at radius 2 is 1.84 bits per heavy atom. The van der Waals surface area contributed by atoms with Gasteiger partial charge in [0.05, 0.1) is 35.5 Å². The van der Waals surface area contributed by atoms with Crippen molar-refractivity contribution in [2.75, 3.05) is 17.5 Å². The van der Waals surface area contributed by atoms with Gasteiger partial charge in [-0.1, -0.05) is 18.2 Å². The van der Waals surface area contributed by atoms with E-state index in [1.807, 2.05) is 36.4 Å². The molecule has 8 nitrogen and oxygen atoms in total. The molecular formula is C21H20N4O4S2. The number of thiazole rings is 1. The number of aromatic nitrogens is 1. The SMILES string of the molecule is CS(=O)(=O)Nc1ccc(-c2ccc3sc(CC(=O)NCC(=O)CCC#N)nc3c2)cc1. The number of ketones is 1. The molecule has 31 heavy (non-hydrogen) atoms. The van der Waals surface area contributed by atoms with Gasteiger partial charge in [0.15, 0.2) is 5.78 Å². The largest absolute Gasteiger partial charge is 0.349 e. The first-order valence-electron chi connectivity index (χ1n) is 9.36. The number of nitrogens with one attached hydrogen (secondary N) is 2. The molecule has 0 fully saturated rings. The summed E-state index contributed by atoms with van der Waals surface area (Å²) in [6.45, 7) is -0.0836. The molecule has 0 radical (unpaired) electrons. The van der Waals surface area contributed by atoms with Gasteiger partial charge in [0.25, 0.3) is 0 Å². The van der Waals surface area contributed by atoms with Crippen LogP contribution in [0, 0.1) is 11.3 Å². The van der Waals surface area contributed by atoms with Crippen molar-refractivity contribution in [2.45, 2.75) is 19.3 Å². The van der Waals surface area contributed by atoms with E-state index in [2.05, 4.69) is 15.0 Å². The molecule has 160 valence electrons. The Hall–Kier alpha value is -3.29. The number of anilines is 1. The van der Waals surface area contributed by atoms with E-state index in [4.69, 9.17) is 5.26 Å². The van der Waals surface area contributed by atoms with Crippen LogP contribution in [0.4, 0.5) is 5.69 Å². The molecule has 0 aliphatic rings. The van der Waals surface area contributed by atoms with Crippen LogP contribution in [-0.2, 0) is 26.0 Å². The molecule has 0 saturated carbocycles. The standard InChI is InChI=1S/C21H20N4O4S2/c1-31(28,29)25-16-7-4-14(5-8-16)15-6-9-19-18(11-15)24-21(30-19)12-20(27)23-13-17(26)3-2-10-22/h4-9,11,25H,2-3,12-13H2,1H3,(H,23,27). The molecule has 0 aliphatic carbocycles. The van der Waals surface area contributed by atoms with Crippen LogP contribution in [0.2, 0.25) is 0 Å². The highest BCUT2D eigenvalue weighted by Gasteiger charge is 2.11. The number of fused-ring (bicyclic) bond motifs is 1. The van der Waals surface area contributed by atoms with Crippen molar-refractivity contribution in [3.05, 3.63) is 47.5 Å². The molecule has 3 aromatic rings. The Kier molecular flexibility index (Phi) is 6.99. The molecule has 3 rings (SSSR count). The number of carbonyl (C=O) groups is 2. The average molecular weight is 457 g/mol. The summed E-state index contributed by atoms with van der Waals surface area (Å²) in [6.07, 6.45) is 1.45. The summed E-state index contributed by atoms with van der Waals surface area (Å²) < 4.78 is 26.0. The second kappa shape index (κ2) is 9.68. The number of sulfonamides is 1. The molecule has 2 aromatic carbocycles. The smallest absolute Gasteiger partial charge is 0.229 e. The van der Waals surface area contributed by atoms with Gasteiger partial charge in [-0.3, -0.25) is 14.3 Å². The summed E-state index contributed by atoms with van der Waals surface area (Å²) in [4.78, 5) is 28.1. The lowest BCUT2D eigenvalue weighted by atomic mass is 10.1. The van der Waals surface area contributed by atoms with Crippen LogP contribution in [0.25, 0.3) is 21.3 Å². The molecule has 10 heteroatoms. The number of hydrogen-bond donors (Lipinski definition) is 2. The van der Waals surface area contributed by atoms with Crippen molar-refractivity contribution in [1.29, 1.82) is 5.26 Å². The van der Waals surface area contributed by atoms with Crippen LogP contribution in [0.5, 0.6) is 0 Å². The number of Topliss-reactive ketones (excluding diaryl/α,β-unsaturated/α-hetero) is 1. The van der Waals surface area contributed by atoms with Crippen molar-refractivity contribution in [1.82, 2.24) is 10.3 Å². The number of benzene rings is 2. The first kappa shape index (κ1) is 22.4. The van der Waals surface area contributed by atoms with E-state index >= 15 is 0 Å². The second-order valence-corrected chi connectivity index (χ2v) is 9.76. The van der Waals surface area contributed by atoms with Crippen LogP contribution in [0.15, 0.2) is 42.5 Å². The average Bonchev–Trinajstić information content (AvgIpc) is 3.11. The van der Waals surface area contributed by atoms with E-state index in [0.717, 1.165) is 27.6 Å². The van der Waals surface area contributed by atoms with Crippen molar-refractivity contribution in [3.8, 4) is 17.2 Å². The predicted octanol–water partition coefficient (Wildman–Crippen LogP) is 2.87. The van der Waals surface area contributed by atoms with Crippen molar-refractivity contribution >= 4 is 49.0 Å². The van der Waals surface area contributed by atoms with Gasteiger partial charge in [0.2, 0.25) is 15.9 Å². The molecule has 0 unspecified atom stereocenters. The van der Waals surface area contributed by atoms with E-state index < -0.39 is 10.0 Å². The minimum Gasteiger partial charge on any atom is -0.349 e. The highest BCUT2D eigenvalue weighted by Crippen LogP contribution is 2.29. The monoisotopic (exact) mass is 456 g/mol. The third-order valence-corrected chi connectivity index (χ3v) is 5.91. The van der Waals surface area contributed by atoms with Gasteiger partial charge in [-0.15, -0.1) is 11.3 Å². The van der Waals surface area contributed by atoms with Crippen LogP contribution >= 0.6 is 11.3 Å². The number of hydrogen-bond acceptors (Lipinski definition) is 7. The summed E-state index contributed by atoms with van der Waals surface area (Å²) in [5.74, 6) is -0.472. The Morgan fingerprint density at radius 1 is 1.13 bits per heavy atom. The fourth-order valence-electron chi connectivity index (χ4n) is 2.86. The summed E-state index contributed by atoms with van der Waals surface area (Å²) in [7, 11) is -3.33. The summed E-state index contributed by atoms with van der Waals surface area (Å²) in [6, 6.07) is 14.7. The molecule has 0 bridgehead atoms. The lowest BCUT2D eigenvalue weighted by molar-refractivity contribution is -0.124. The van der Waals surface area contributed by atoms with Crippen LogP contribution in [0.1, 0.15) is 17.8 Å². The maximum atomic E-state index is 12.1. The van der Waals surface area contributed by atoms with Crippen LogP contribution in [-0.4, -0.2) is 37.9 Å². The number of nitrogens with zero attached hydrogens (tertiary/aromatic N) is 2. The molecule has 1 heterocycles. The summed E-state index contributed by atoms with van der Waals surface area (Å²) in [5.41, 5.74) is 3.07. The molecule has 0 spiro atoms. The zero-order valence-electron chi connectivity index (χ0n) is 16.7. The van der Waals surface area contributed by atoms with Crippen molar-refractivity contribution in [2.24, 2.45) is 0 Å². The quantitative estimate of drug-likeness (QED) is 0.509. The lowest BCUT2D eigenvalue weighted by Crippen LogP contribution is -2.30. The third kappa shape index (κ3) is 6.60. The van der Waals surface area contributed by atoms with Gasteiger partial charge in [0, 0.05) is 18.5 Å². The number of rotatable bonds is 9. The summed E-state index contributed by atoms with van der Waals surface area (Å²) >= 11 is 1.41. The van der Waals surface area contributed by atoms with E-state index in [1.165, 1.54) is 11.3 Å². The summed E-state index contributed by atoms with van der Waals surface area (Å²) in [5, 5.41) is 11.7.